The average Bonchev–Trinajstić information content (AvgIpc) is 2.48. The molecule has 0 radical (unpaired) electrons. The molecule has 12 atom stereocenters. The molecule has 21 heavy (non-hydrogen) atoms. The van der Waals surface area contributed by atoms with E-state index in [0.717, 1.165) is 10.8 Å². The first-order valence-electron chi connectivity index (χ1n) is 10.3. The van der Waals surface area contributed by atoms with Crippen molar-refractivity contribution in [3.63, 3.8) is 0 Å². The summed E-state index contributed by atoms with van der Waals surface area (Å²) in [7, 11) is 0. The summed E-state index contributed by atoms with van der Waals surface area (Å²) in [6, 6.07) is 0. The lowest BCUT2D eigenvalue weighted by molar-refractivity contribution is -0.399. The maximum absolute atomic E-state index is 1.73. The van der Waals surface area contributed by atoms with Gasteiger partial charge in [0.2, 0.25) is 0 Å². The minimum atomic E-state index is 0.917. The minimum Gasteiger partial charge on any atom is -0.0525 e. The lowest BCUT2D eigenvalue weighted by Gasteiger charge is -2.88. The van der Waals surface area contributed by atoms with Crippen LogP contribution in [0.25, 0.3) is 0 Å². The molecule has 2 spiro atoms. The summed E-state index contributed by atoms with van der Waals surface area (Å²) >= 11 is 0. The van der Waals surface area contributed by atoms with Crippen molar-refractivity contribution in [1.29, 1.82) is 0 Å². The van der Waals surface area contributed by atoms with Gasteiger partial charge in [0.25, 0.3) is 0 Å². The molecule has 11 rings (SSSR count). The van der Waals surface area contributed by atoms with Crippen molar-refractivity contribution in [1.82, 2.24) is 0 Å². The fourth-order valence-electron chi connectivity index (χ4n) is 12.2. The molecular weight excluding hydrogens is 252 g/mol. The van der Waals surface area contributed by atoms with Crippen molar-refractivity contribution < 1.29 is 0 Å². The number of hydrogen-bond donors (Lipinski definition) is 0. The van der Waals surface area contributed by atoms with E-state index in [2.05, 4.69) is 0 Å². The van der Waals surface area contributed by atoms with Crippen molar-refractivity contribution in [2.45, 2.75) is 57.8 Å². The summed E-state index contributed by atoms with van der Waals surface area (Å²) in [6.07, 6.45) is 15.2. The molecular formula is C21H28. The average molecular weight is 280 g/mol. The van der Waals surface area contributed by atoms with Gasteiger partial charge in [-0.15, -0.1) is 0 Å². The van der Waals surface area contributed by atoms with E-state index in [1.54, 1.807) is 57.8 Å². The summed E-state index contributed by atoms with van der Waals surface area (Å²) in [5.41, 5.74) is 1.85. The highest BCUT2D eigenvalue weighted by molar-refractivity contribution is 5.31. The maximum Gasteiger partial charge on any atom is -0.0224 e. The fraction of sp³-hybridized carbons (Fsp3) is 1.00. The Bertz CT molecular complexity index is 579. The van der Waals surface area contributed by atoms with Gasteiger partial charge in [0.15, 0.2) is 0 Å². The molecule has 11 fully saturated rings. The SMILES string of the molecule is C1CC2C3CC4C5C6CC7CC8C6CC4(C1)C2C8C5(C7)C3. The zero-order chi connectivity index (χ0) is 13.1. The molecule has 0 nitrogen and oxygen atoms in total. The third kappa shape index (κ3) is 0.800. The summed E-state index contributed by atoms with van der Waals surface area (Å²) in [5, 5.41) is 0. The lowest BCUT2D eigenvalue weighted by Crippen LogP contribution is -2.82. The van der Waals surface area contributed by atoms with Gasteiger partial charge in [-0.05, 0) is 121 Å². The van der Waals surface area contributed by atoms with Crippen molar-refractivity contribution in [3.8, 4) is 0 Å². The van der Waals surface area contributed by atoms with Crippen molar-refractivity contribution >= 4 is 0 Å². The summed E-state index contributed by atoms with van der Waals surface area (Å²) in [6.45, 7) is 0. The van der Waals surface area contributed by atoms with Crippen LogP contribution < -0.4 is 0 Å². The molecule has 0 aliphatic heterocycles. The number of rotatable bonds is 0. The second kappa shape index (κ2) is 2.78. The van der Waals surface area contributed by atoms with E-state index in [4.69, 9.17) is 0 Å². The lowest BCUT2D eigenvalue weighted by atomic mass is 9.17. The highest BCUT2D eigenvalue weighted by atomic mass is 14.9. The highest BCUT2D eigenvalue weighted by Crippen LogP contribution is 2.89. The van der Waals surface area contributed by atoms with Gasteiger partial charge in [0, 0.05) is 0 Å². The van der Waals surface area contributed by atoms with Gasteiger partial charge >= 0.3 is 0 Å². The van der Waals surface area contributed by atoms with Crippen LogP contribution in [0.3, 0.4) is 0 Å². The normalized spacial score (nSPS) is 80.0. The topological polar surface area (TPSA) is 0 Å². The predicted octanol–water partition coefficient (Wildman–Crippen LogP) is 4.74. The van der Waals surface area contributed by atoms with Crippen LogP contribution in [-0.4, -0.2) is 0 Å². The molecule has 11 aliphatic rings. The Balaban J connectivity index is 1.48. The summed E-state index contributed by atoms with van der Waals surface area (Å²) in [5.74, 6) is 12.3. The Morgan fingerprint density at radius 2 is 1.52 bits per heavy atom. The van der Waals surface area contributed by atoms with Crippen LogP contribution in [0.15, 0.2) is 0 Å². The van der Waals surface area contributed by atoms with Gasteiger partial charge in [0.1, 0.15) is 0 Å². The van der Waals surface area contributed by atoms with E-state index in [-0.39, 0.29) is 0 Å². The van der Waals surface area contributed by atoms with Crippen LogP contribution in [0.1, 0.15) is 57.8 Å². The smallest absolute Gasteiger partial charge is 0.0224 e. The Hall–Kier alpha value is 0. The standard InChI is InChI=1S/C21H28/c1-2-12-11-6-16-17-13-4-10-5-14-15(13)9-20(16,3-1)18(12)19(14)21(17,7-10)8-11/h10-19H,1-9H2. The molecule has 0 aromatic heterocycles. The van der Waals surface area contributed by atoms with E-state index < -0.39 is 0 Å². The first kappa shape index (κ1) is 10.7. The summed E-state index contributed by atoms with van der Waals surface area (Å²) < 4.78 is 0. The van der Waals surface area contributed by atoms with Gasteiger partial charge in [-0.3, -0.25) is 0 Å². The third-order valence-corrected chi connectivity index (χ3v) is 11.5. The second-order valence-electron chi connectivity index (χ2n) is 11.1. The van der Waals surface area contributed by atoms with Crippen LogP contribution in [0.5, 0.6) is 0 Å². The Morgan fingerprint density at radius 1 is 0.667 bits per heavy atom. The zero-order valence-electron chi connectivity index (χ0n) is 13.1. The molecule has 12 unspecified atom stereocenters. The molecule has 0 N–H and O–H groups in total. The van der Waals surface area contributed by atoms with Gasteiger partial charge in [-0.2, -0.15) is 0 Å². The largest absolute Gasteiger partial charge is 0.0525 e. The van der Waals surface area contributed by atoms with E-state index in [0.29, 0.717) is 0 Å². The molecule has 11 aliphatic carbocycles. The van der Waals surface area contributed by atoms with E-state index in [1.165, 1.54) is 59.2 Å². The van der Waals surface area contributed by atoms with E-state index in [1.807, 2.05) is 0 Å². The quantitative estimate of drug-likeness (QED) is 0.601. The highest BCUT2D eigenvalue weighted by Gasteiger charge is 2.83. The van der Waals surface area contributed by atoms with Gasteiger partial charge in [0.05, 0.1) is 0 Å². The molecule has 0 aromatic rings. The first-order valence-corrected chi connectivity index (χ1v) is 10.3. The van der Waals surface area contributed by atoms with Gasteiger partial charge in [-0.25, -0.2) is 0 Å². The van der Waals surface area contributed by atoms with Crippen molar-refractivity contribution in [2.75, 3.05) is 0 Å². The molecule has 0 amide bonds. The number of hydrogen-bond acceptors (Lipinski definition) is 0. The molecule has 0 heterocycles. The summed E-state index contributed by atoms with van der Waals surface area (Å²) in [4.78, 5) is 0. The van der Waals surface area contributed by atoms with Crippen molar-refractivity contribution in [3.05, 3.63) is 0 Å². The van der Waals surface area contributed by atoms with Gasteiger partial charge in [-0.1, -0.05) is 6.42 Å². The zero-order valence-corrected chi connectivity index (χ0v) is 13.1. The molecule has 112 valence electrons. The van der Waals surface area contributed by atoms with Crippen LogP contribution in [-0.2, 0) is 0 Å². The monoisotopic (exact) mass is 280 g/mol. The Labute approximate surface area is 128 Å². The molecule has 12 bridgehead atoms. The van der Waals surface area contributed by atoms with Crippen LogP contribution in [0.2, 0.25) is 0 Å². The molecule has 0 saturated heterocycles. The predicted molar refractivity (Wildman–Crippen MR) is 81.3 cm³/mol. The Kier molecular flexibility index (Phi) is 1.42. The molecule has 0 aromatic carbocycles. The van der Waals surface area contributed by atoms with E-state index >= 15 is 0 Å². The fourth-order valence-corrected chi connectivity index (χ4v) is 12.2. The van der Waals surface area contributed by atoms with Crippen LogP contribution in [0.4, 0.5) is 0 Å². The molecule has 11 saturated carbocycles. The first-order chi connectivity index (χ1) is 10.3. The van der Waals surface area contributed by atoms with Gasteiger partial charge < -0.3 is 0 Å². The Morgan fingerprint density at radius 3 is 2.48 bits per heavy atom. The van der Waals surface area contributed by atoms with Crippen molar-refractivity contribution in [2.24, 2.45) is 70.0 Å². The second-order valence-corrected chi connectivity index (χ2v) is 11.1. The van der Waals surface area contributed by atoms with Crippen LogP contribution in [0, 0.1) is 70.0 Å². The van der Waals surface area contributed by atoms with E-state index in [9.17, 15) is 0 Å². The minimum absolute atomic E-state index is 0.917. The maximum atomic E-state index is 1.73. The third-order valence-electron chi connectivity index (χ3n) is 11.5. The van der Waals surface area contributed by atoms with Crippen LogP contribution >= 0.6 is 0 Å². The molecule has 0 heteroatoms.